The Morgan fingerprint density at radius 2 is 2.23 bits per heavy atom. The molecule has 22 heavy (non-hydrogen) atoms. The van der Waals surface area contributed by atoms with Crippen LogP contribution < -0.4 is 5.48 Å². The number of halogens is 1. The van der Waals surface area contributed by atoms with E-state index in [1.807, 2.05) is 36.4 Å². The Morgan fingerprint density at radius 3 is 2.95 bits per heavy atom. The Labute approximate surface area is 138 Å². The lowest BCUT2D eigenvalue weighted by molar-refractivity contribution is 0.0317. The van der Waals surface area contributed by atoms with Gasteiger partial charge in [0.25, 0.3) is 0 Å². The minimum absolute atomic E-state index is 0.0904. The average molecular weight is 367 g/mol. The van der Waals surface area contributed by atoms with Crippen LogP contribution in [0, 0.1) is 0 Å². The highest BCUT2D eigenvalue weighted by molar-refractivity contribution is 9.11. The first kappa shape index (κ1) is 16.7. The highest BCUT2D eigenvalue weighted by Gasteiger charge is 2.24. The van der Waals surface area contributed by atoms with Crippen LogP contribution in [0.5, 0.6) is 0 Å². The summed E-state index contributed by atoms with van der Waals surface area (Å²) in [6.07, 6.45) is 3.29. The molecule has 0 spiro atoms. The van der Waals surface area contributed by atoms with Gasteiger partial charge < -0.3 is 9.64 Å². The van der Waals surface area contributed by atoms with Gasteiger partial charge in [0.05, 0.1) is 19.2 Å². The summed E-state index contributed by atoms with van der Waals surface area (Å²) in [6.45, 7) is 5.23. The highest BCUT2D eigenvalue weighted by atomic mass is 79.9. The highest BCUT2D eigenvalue weighted by Crippen LogP contribution is 2.17. The first-order chi connectivity index (χ1) is 10.7. The van der Waals surface area contributed by atoms with E-state index in [4.69, 9.17) is 9.57 Å². The Morgan fingerprint density at radius 1 is 1.45 bits per heavy atom. The van der Waals surface area contributed by atoms with Crippen LogP contribution in [0.4, 0.5) is 4.79 Å². The van der Waals surface area contributed by atoms with E-state index in [0.29, 0.717) is 19.7 Å². The summed E-state index contributed by atoms with van der Waals surface area (Å²) in [5.74, 6) is 0. The Hall–Kier alpha value is -1.63. The number of nitrogens with zero attached hydrogens (tertiary/aromatic N) is 1. The molecule has 1 aromatic rings. The summed E-state index contributed by atoms with van der Waals surface area (Å²) in [5, 5.41) is 0. The van der Waals surface area contributed by atoms with Crippen molar-refractivity contribution in [2.24, 2.45) is 0 Å². The minimum atomic E-state index is -0.343. The van der Waals surface area contributed by atoms with Gasteiger partial charge in [-0.15, -0.1) is 6.58 Å². The van der Waals surface area contributed by atoms with Crippen LogP contribution in [0.2, 0.25) is 0 Å². The second kappa shape index (κ2) is 8.73. The van der Waals surface area contributed by atoms with Crippen molar-refractivity contribution in [2.75, 3.05) is 19.7 Å². The van der Waals surface area contributed by atoms with Gasteiger partial charge in [-0.3, -0.25) is 4.84 Å². The summed E-state index contributed by atoms with van der Waals surface area (Å²) in [6, 6.07) is 9.52. The van der Waals surface area contributed by atoms with Crippen molar-refractivity contribution in [1.29, 1.82) is 0 Å². The van der Waals surface area contributed by atoms with Gasteiger partial charge in [-0.1, -0.05) is 58.4 Å². The summed E-state index contributed by atoms with van der Waals surface area (Å²) in [7, 11) is 0. The number of benzene rings is 1. The van der Waals surface area contributed by atoms with E-state index in [2.05, 4.69) is 28.0 Å². The fourth-order valence-electron chi connectivity index (χ4n) is 2.04. The van der Waals surface area contributed by atoms with Gasteiger partial charge in [-0.25, -0.2) is 4.79 Å². The molecule has 1 aromatic carbocycles. The fourth-order valence-corrected chi connectivity index (χ4v) is 2.66. The number of hydroxylamine groups is 1. The van der Waals surface area contributed by atoms with E-state index in [-0.39, 0.29) is 18.7 Å². The summed E-state index contributed by atoms with van der Waals surface area (Å²) >= 11 is 3.44. The molecule has 0 fully saturated rings. The molecule has 1 N–H and O–H groups in total. The molecule has 1 heterocycles. The molecule has 0 bridgehead atoms. The van der Waals surface area contributed by atoms with Crippen LogP contribution in [0.3, 0.4) is 0 Å². The van der Waals surface area contributed by atoms with Crippen molar-refractivity contribution in [3.8, 4) is 0 Å². The van der Waals surface area contributed by atoms with Crippen molar-refractivity contribution >= 4 is 22.0 Å². The maximum atomic E-state index is 12.2. The zero-order valence-corrected chi connectivity index (χ0v) is 13.8. The zero-order valence-electron chi connectivity index (χ0n) is 12.2. The molecule has 1 unspecified atom stereocenters. The van der Waals surface area contributed by atoms with Gasteiger partial charge >= 0.3 is 6.09 Å². The van der Waals surface area contributed by atoms with E-state index in [1.54, 1.807) is 11.0 Å². The van der Waals surface area contributed by atoms with Crippen LogP contribution in [0.1, 0.15) is 5.56 Å². The van der Waals surface area contributed by atoms with Crippen molar-refractivity contribution in [3.05, 3.63) is 59.1 Å². The molecule has 1 amide bonds. The monoisotopic (exact) mass is 366 g/mol. The van der Waals surface area contributed by atoms with Gasteiger partial charge in [0, 0.05) is 11.0 Å². The molecule has 1 aliphatic rings. The lowest BCUT2D eigenvalue weighted by Crippen LogP contribution is -2.46. The predicted octanol–water partition coefficient (Wildman–Crippen LogP) is 2.99. The molecule has 0 saturated heterocycles. The number of rotatable bonds is 6. The number of carbonyl (C=O) groups excluding carboxylic acids is 1. The van der Waals surface area contributed by atoms with E-state index < -0.39 is 0 Å². The normalized spacial score (nSPS) is 17.8. The van der Waals surface area contributed by atoms with Crippen molar-refractivity contribution in [3.63, 3.8) is 0 Å². The lowest BCUT2D eigenvalue weighted by Gasteiger charge is -2.30. The maximum absolute atomic E-state index is 12.2. The SMILES string of the molecule is C=CCONC1C=C(Br)CN(C(=O)OCc2ccccc2)C1. The number of ether oxygens (including phenoxy) is 1. The van der Waals surface area contributed by atoms with E-state index in [1.165, 1.54) is 0 Å². The van der Waals surface area contributed by atoms with Crippen LogP contribution in [-0.2, 0) is 16.2 Å². The van der Waals surface area contributed by atoms with E-state index in [0.717, 1.165) is 10.0 Å². The number of nitrogens with one attached hydrogen (secondary N) is 1. The summed E-state index contributed by atoms with van der Waals surface area (Å²) in [5.41, 5.74) is 3.85. The third kappa shape index (κ3) is 5.29. The molecule has 0 aromatic heterocycles. The van der Waals surface area contributed by atoms with Crippen molar-refractivity contribution < 1.29 is 14.4 Å². The van der Waals surface area contributed by atoms with Crippen LogP contribution in [0.25, 0.3) is 0 Å². The van der Waals surface area contributed by atoms with Gasteiger partial charge in [0.1, 0.15) is 6.61 Å². The molecule has 1 atom stereocenters. The predicted molar refractivity (Wildman–Crippen MR) is 88.3 cm³/mol. The van der Waals surface area contributed by atoms with Gasteiger partial charge in [0.2, 0.25) is 0 Å². The molecule has 2 rings (SSSR count). The third-order valence-corrected chi connectivity index (χ3v) is 3.56. The number of carbonyl (C=O) groups is 1. The molecular formula is C16H19BrN2O3. The molecular weight excluding hydrogens is 348 g/mol. The number of hydrogen-bond acceptors (Lipinski definition) is 4. The summed E-state index contributed by atoms with van der Waals surface area (Å²) < 4.78 is 6.26. The molecule has 0 aliphatic carbocycles. The number of amides is 1. The maximum Gasteiger partial charge on any atom is 0.410 e. The van der Waals surface area contributed by atoms with Gasteiger partial charge in [0.15, 0.2) is 0 Å². The molecule has 118 valence electrons. The molecule has 5 nitrogen and oxygen atoms in total. The lowest BCUT2D eigenvalue weighted by atomic mass is 10.2. The first-order valence-corrected chi connectivity index (χ1v) is 7.78. The average Bonchev–Trinajstić information content (AvgIpc) is 2.53. The Balaban J connectivity index is 1.84. The Kier molecular flexibility index (Phi) is 6.64. The number of hydrogen-bond donors (Lipinski definition) is 1. The Bertz CT molecular complexity index is 533. The van der Waals surface area contributed by atoms with E-state index >= 15 is 0 Å². The van der Waals surface area contributed by atoms with Crippen LogP contribution in [-0.4, -0.2) is 36.7 Å². The van der Waals surface area contributed by atoms with Crippen LogP contribution in [0.15, 0.2) is 53.5 Å². The second-order valence-corrected chi connectivity index (χ2v) is 5.88. The zero-order chi connectivity index (χ0) is 15.8. The largest absolute Gasteiger partial charge is 0.445 e. The van der Waals surface area contributed by atoms with Crippen molar-refractivity contribution in [2.45, 2.75) is 12.6 Å². The second-order valence-electron chi connectivity index (χ2n) is 4.86. The van der Waals surface area contributed by atoms with E-state index in [9.17, 15) is 4.79 Å². The fraction of sp³-hybridized carbons (Fsp3) is 0.312. The molecule has 0 saturated carbocycles. The van der Waals surface area contributed by atoms with Gasteiger partial charge in [-0.05, 0) is 5.56 Å². The molecule has 0 radical (unpaired) electrons. The quantitative estimate of drug-likeness (QED) is 0.477. The minimum Gasteiger partial charge on any atom is -0.445 e. The van der Waals surface area contributed by atoms with Crippen LogP contribution >= 0.6 is 15.9 Å². The van der Waals surface area contributed by atoms with Crippen molar-refractivity contribution in [1.82, 2.24) is 10.4 Å². The first-order valence-electron chi connectivity index (χ1n) is 6.99. The summed E-state index contributed by atoms with van der Waals surface area (Å²) in [4.78, 5) is 19.0. The third-order valence-electron chi connectivity index (χ3n) is 3.04. The van der Waals surface area contributed by atoms with Gasteiger partial charge in [-0.2, -0.15) is 5.48 Å². The standard InChI is InChI=1S/C16H19BrN2O3/c1-2-8-22-18-15-9-14(17)10-19(11-15)16(20)21-12-13-6-4-3-5-7-13/h2-7,9,15,18H,1,8,10-12H2. The smallest absolute Gasteiger partial charge is 0.410 e. The molecule has 6 heteroatoms. The topological polar surface area (TPSA) is 50.8 Å². The molecule has 1 aliphatic heterocycles.